The first-order valence-corrected chi connectivity index (χ1v) is 13.4. The number of amides is 1. The molecule has 1 aliphatic heterocycles. The van der Waals surface area contributed by atoms with E-state index in [1.54, 1.807) is 60.6 Å². The number of aromatic hydroxyl groups is 1. The SMILES string of the molecule is CN(C[C@@H](c1cccc(O)c1)N1CC[C@H](O)C1)C(=O)COc1ccc(NS(C)(=O)=O)c2ncccc12. The Hall–Kier alpha value is -3.41. The second-order valence-corrected chi connectivity index (χ2v) is 10.7. The number of aliphatic hydroxyl groups is 1. The molecule has 1 saturated heterocycles. The average Bonchev–Trinajstić information content (AvgIpc) is 3.26. The fourth-order valence-electron chi connectivity index (χ4n) is 4.38. The van der Waals surface area contributed by atoms with Crippen LogP contribution in [-0.4, -0.2) is 85.0 Å². The molecule has 0 saturated carbocycles. The molecule has 10 nitrogen and oxygen atoms in total. The van der Waals surface area contributed by atoms with Gasteiger partial charge in [-0.25, -0.2) is 8.42 Å². The van der Waals surface area contributed by atoms with E-state index in [-0.39, 0.29) is 24.3 Å². The van der Waals surface area contributed by atoms with Crippen LogP contribution >= 0.6 is 0 Å². The van der Waals surface area contributed by atoms with Crippen molar-refractivity contribution in [2.45, 2.75) is 18.6 Å². The van der Waals surface area contributed by atoms with Crippen LogP contribution in [0.2, 0.25) is 0 Å². The van der Waals surface area contributed by atoms with Gasteiger partial charge in [-0.15, -0.1) is 0 Å². The Morgan fingerprint density at radius 3 is 2.78 bits per heavy atom. The van der Waals surface area contributed by atoms with Gasteiger partial charge in [-0.05, 0) is 48.4 Å². The van der Waals surface area contributed by atoms with Crippen LogP contribution in [0.4, 0.5) is 5.69 Å². The van der Waals surface area contributed by atoms with Crippen molar-refractivity contribution in [2.24, 2.45) is 0 Å². The number of carbonyl (C=O) groups is 1. The van der Waals surface area contributed by atoms with Crippen molar-refractivity contribution in [1.82, 2.24) is 14.8 Å². The van der Waals surface area contributed by atoms with Crippen LogP contribution in [0.25, 0.3) is 10.9 Å². The molecule has 1 aliphatic rings. The second-order valence-electron chi connectivity index (χ2n) is 9.00. The number of benzene rings is 2. The number of hydrogen-bond donors (Lipinski definition) is 3. The zero-order valence-corrected chi connectivity index (χ0v) is 21.0. The van der Waals surface area contributed by atoms with Gasteiger partial charge in [0.2, 0.25) is 10.0 Å². The lowest BCUT2D eigenvalue weighted by Crippen LogP contribution is -2.40. The maximum absolute atomic E-state index is 13.0. The number of phenolic OH excluding ortho intramolecular Hbond substituents is 1. The lowest BCUT2D eigenvalue weighted by Gasteiger charge is -2.32. The number of sulfonamides is 1. The highest BCUT2D eigenvalue weighted by Crippen LogP contribution is 2.31. The fraction of sp³-hybridized carbons (Fsp3) is 0.360. The van der Waals surface area contributed by atoms with Crippen LogP contribution in [-0.2, 0) is 14.8 Å². The number of pyridine rings is 1. The van der Waals surface area contributed by atoms with Crippen molar-refractivity contribution in [3.63, 3.8) is 0 Å². The van der Waals surface area contributed by atoms with Crippen molar-refractivity contribution in [2.75, 3.05) is 44.3 Å². The Bertz CT molecular complexity index is 1350. The number of fused-ring (bicyclic) bond motifs is 1. The molecule has 1 fully saturated rings. The third kappa shape index (κ3) is 6.23. The molecule has 2 atom stereocenters. The van der Waals surface area contributed by atoms with Crippen molar-refractivity contribution in [1.29, 1.82) is 0 Å². The molecule has 4 rings (SSSR count). The fourth-order valence-corrected chi connectivity index (χ4v) is 4.94. The highest BCUT2D eigenvalue weighted by molar-refractivity contribution is 7.92. The third-order valence-corrected chi connectivity index (χ3v) is 6.73. The predicted molar refractivity (Wildman–Crippen MR) is 136 cm³/mol. The molecule has 1 aromatic heterocycles. The first-order valence-electron chi connectivity index (χ1n) is 11.5. The van der Waals surface area contributed by atoms with E-state index in [0.717, 1.165) is 11.8 Å². The number of nitrogens with zero attached hydrogens (tertiary/aromatic N) is 3. The lowest BCUT2D eigenvalue weighted by molar-refractivity contribution is -0.132. The molecule has 2 heterocycles. The van der Waals surface area contributed by atoms with Crippen LogP contribution in [0, 0.1) is 0 Å². The Balaban J connectivity index is 1.48. The number of phenols is 1. The molecule has 2 aromatic carbocycles. The van der Waals surface area contributed by atoms with Crippen LogP contribution in [0.15, 0.2) is 54.7 Å². The highest BCUT2D eigenvalue weighted by Gasteiger charge is 2.30. The summed E-state index contributed by atoms with van der Waals surface area (Å²) in [5.41, 5.74) is 1.60. The quantitative estimate of drug-likeness (QED) is 0.395. The number of ether oxygens (including phenoxy) is 1. The molecule has 192 valence electrons. The Morgan fingerprint density at radius 1 is 1.28 bits per heavy atom. The van der Waals surface area contributed by atoms with E-state index in [9.17, 15) is 23.4 Å². The zero-order valence-electron chi connectivity index (χ0n) is 20.2. The predicted octanol–water partition coefficient (Wildman–Crippen LogP) is 1.96. The lowest BCUT2D eigenvalue weighted by atomic mass is 10.0. The number of aromatic nitrogens is 1. The summed E-state index contributed by atoms with van der Waals surface area (Å²) < 4.78 is 31.7. The molecule has 0 spiro atoms. The molecule has 3 aromatic rings. The van der Waals surface area contributed by atoms with Gasteiger partial charge < -0.3 is 19.8 Å². The Labute approximate surface area is 210 Å². The normalized spacial score (nSPS) is 17.1. The molecule has 1 amide bonds. The third-order valence-electron chi connectivity index (χ3n) is 6.14. The summed E-state index contributed by atoms with van der Waals surface area (Å²) in [5, 5.41) is 20.6. The molecule has 0 unspecified atom stereocenters. The van der Waals surface area contributed by atoms with E-state index in [2.05, 4.69) is 14.6 Å². The highest BCUT2D eigenvalue weighted by atomic mass is 32.2. The number of anilines is 1. The van der Waals surface area contributed by atoms with Crippen LogP contribution in [0.3, 0.4) is 0 Å². The minimum absolute atomic E-state index is 0.142. The molecule has 11 heteroatoms. The van der Waals surface area contributed by atoms with Gasteiger partial charge in [-0.3, -0.25) is 19.4 Å². The number of hydrogen-bond acceptors (Lipinski definition) is 8. The summed E-state index contributed by atoms with van der Waals surface area (Å²) in [6.07, 6.45) is 2.85. The van der Waals surface area contributed by atoms with Gasteiger partial charge in [0.1, 0.15) is 11.5 Å². The maximum atomic E-state index is 13.0. The number of rotatable bonds is 9. The number of likely N-dealkylation sites (N-methyl/N-ethyl adjacent to an activating group) is 1. The van der Waals surface area contributed by atoms with Gasteiger partial charge in [0.05, 0.1) is 29.6 Å². The summed E-state index contributed by atoms with van der Waals surface area (Å²) in [6, 6.07) is 13.3. The summed E-state index contributed by atoms with van der Waals surface area (Å²) in [7, 11) is -1.81. The number of nitrogens with one attached hydrogen (secondary N) is 1. The van der Waals surface area contributed by atoms with Crippen molar-refractivity contribution in [3.8, 4) is 11.5 Å². The first-order chi connectivity index (χ1) is 17.1. The van der Waals surface area contributed by atoms with Gasteiger partial charge in [-0.2, -0.15) is 0 Å². The monoisotopic (exact) mass is 514 g/mol. The Kier molecular flexibility index (Phi) is 7.62. The molecule has 0 aliphatic carbocycles. The molecule has 0 bridgehead atoms. The smallest absolute Gasteiger partial charge is 0.260 e. The number of likely N-dealkylation sites (tertiary alicyclic amines) is 1. The minimum Gasteiger partial charge on any atom is -0.508 e. The molecule has 3 N–H and O–H groups in total. The summed E-state index contributed by atoms with van der Waals surface area (Å²) in [4.78, 5) is 20.9. The van der Waals surface area contributed by atoms with Crippen LogP contribution in [0.5, 0.6) is 11.5 Å². The summed E-state index contributed by atoms with van der Waals surface area (Å²) >= 11 is 0. The van der Waals surface area contributed by atoms with E-state index >= 15 is 0 Å². The van der Waals surface area contributed by atoms with Gasteiger partial charge in [0.25, 0.3) is 5.91 Å². The van der Waals surface area contributed by atoms with Crippen LogP contribution in [0.1, 0.15) is 18.0 Å². The summed E-state index contributed by atoms with van der Waals surface area (Å²) in [6.45, 7) is 1.30. The van der Waals surface area contributed by atoms with Crippen LogP contribution < -0.4 is 9.46 Å². The van der Waals surface area contributed by atoms with Crippen molar-refractivity contribution in [3.05, 3.63) is 60.3 Å². The number of aliphatic hydroxyl groups excluding tert-OH is 1. The van der Waals surface area contributed by atoms with E-state index in [0.29, 0.717) is 48.4 Å². The minimum atomic E-state index is -3.49. The molecule has 0 radical (unpaired) electrons. The van der Waals surface area contributed by atoms with Crippen molar-refractivity contribution >= 4 is 32.5 Å². The van der Waals surface area contributed by atoms with Gasteiger partial charge >= 0.3 is 0 Å². The average molecular weight is 515 g/mol. The van der Waals surface area contributed by atoms with E-state index in [1.165, 1.54) is 0 Å². The van der Waals surface area contributed by atoms with Gasteiger partial charge in [-0.1, -0.05) is 12.1 Å². The first kappa shape index (κ1) is 25.7. The molecular weight excluding hydrogens is 484 g/mol. The van der Waals surface area contributed by atoms with E-state index < -0.39 is 16.1 Å². The number of β-amino-alcohol motifs (C(OH)–C–C–N with tert-alkyl or cyclic N) is 1. The number of carbonyl (C=O) groups excluding carboxylic acids is 1. The van der Waals surface area contributed by atoms with Gasteiger partial charge in [0, 0.05) is 38.3 Å². The standard InChI is InChI=1S/C25H30N4O6S/c1-28(15-22(29-12-10-19(31)14-29)17-5-3-6-18(30)13-17)24(32)16-35-23-9-8-21(27-36(2,33)34)25-20(23)7-4-11-26-25/h3-9,11,13,19,22,27,30-31H,10,12,14-16H2,1-2H3/t19-,22-/m0/s1. The maximum Gasteiger partial charge on any atom is 0.260 e. The summed E-state index contributed by atoms with van der Waals surface area (Å²) in [5.74, 6) is 0.297. The van der Waals surface area contributed by atoms with E-state index in [1.807, 2.05) is 6.07 Å². The van der Waals surface area contributed by atoms with Crippen molar-refractivity contribution < 1.29 is 28.2 Å². The largest absolute Gasteiger partial charge is 0.508 e. The molecular formula is C25H30N4O6S. The Morgan fingerprint density at radius 2 is 2.08 bits per heavy atom. The van der Waals surface area contributed by atoms with Gasteiger partial charge in [0.15, 0.2) is 6.61 Å². The second kappa shape index (κ2) is 10.7. The zero-order chi connectivity index (χ0) is 25.9. The van der Waals surface area contributed by atoms with E-state index in [4.69, 9.17) is 4.74 Å². The topological polar surface area (TPSA) is 132 Å². The molecule has 36 heavy (non-hydrogen) atoms.